The van der Waals surface area contributed by atoms with E-state index in [-0.39, 0.29) is 23.9 Å². The average Bonchev–Trinajstić information content (AvgIpc) is 3.13. The second-order valence-electron chi connectivity index (χ2n) is 8.79. The van der Waals surface area contributed by atoms with Crippen LogP contribution in [0.5, 0.6) is 0 Å². The molecule has 1 unspecified atom stereocenters. The number of carboxylic acid groups (broad SMARTS) is 1. The molecular formula is C26H22F3N3O4. The van der Waals surface area contributed by atoms with Crippen molar-refractivity contribution < 1.29 is 32.7 Å². The third kappa shape index (κ3) is 4.93. The smallest absolute Gasteiger partial charge is 0.433 e. The predicted molar refractivity (Wildman–Crippen MR) is 125 cm³/mol. The SMILES string of the molecule is CC(C)C(C(=O)O)N1Cc2cc(-c3ccc(NC(=O)c4ccc(C(F)(F)F)nc4)cc3)ccc2C1=O. The molecule has 4 rings (SSSR count). The van der Waals surface area contributed by atoms with Gasteiger partial charge in [-0.3, -0.25) is 14.6 Å². The van der Waals surface area contributed by atoms with Gasteiger partial charge in [-0.1, -0.05) is 32.0 Å². The summed E-state index contributed by atoms with van der Waals surface area (Å²) in [4.78, 5) is 41.5. The molecular weight excluding hydrogens is 475 g/mol. The molecule has 1 atom stereocenters. The summed E-state index contributed by atoms with van der Waals surface area (Å²) in [6.45, 7) is 3.72. The minimum atomic E-state index is -4.58. The number of aliphatic carboxylic acids is 1. The number of halogens is 3. The third-order valence-corrected chi connectivity index (χ3v) is 5.95. The molecule has 2 amide bonds. The summed E-state index contributed by atoms with van der Waals surface area (Å²) in [7, 11) is 0. The van der Waals surface area contributed by atoms with Crippen LogP contribution in [0.3, 0.4) is 0 Å². The summed E-state index contributed by atoms with van der Waals surface area (Å²) in [6, 6.07) is 13.0. The van der Waals surface area contributed by atoms with Crippen molar-refractivity contribution in [1.29, 1.82) is 0 Å². The van der Waals surface area contributed by atoms with E-state index < -0.39 is 29.8 Å². The zero-order valence-electron chi connectivity index (χ0n) is 19.3. The lowest BCUT2D eigenvalue weighted by Gasteiger charge is -2.27. The van der Waals surface area contributed by atoms with Gasteiger partial charge in [0.25, 0.3) is 11.8 Å². The number of carbonyl (C=O) groups is 3. The Morgan fingerprint density at radius 3 is 2.25 bits per heavy atom. The van der Waals surface area contributed by atoms with Crippen LogP contribution in [0.1, 0.15) is 45.8 Å². The van der Waals surface area contributed by atoms with Crippen molar-refractivity contribution in [3.63, 3.8) is 0 Å². The third-order valence-electron chi connectivity index (χ3n) is 5.95. The molecule has 2 aromatic carbocycles. The molecule has 0 fully saturated rings. The largest absolute Gasteiger partial charge is 0.480 e. The first-order valence-electron chi connectivity index (χ1n) is 11.1. The van der Waals surface area contributed by atoms with Gasteiger partial charge < -0.3 is 15.3 Å². The molecule has 0 bridgehead atoms. The molecule has 0 spiro atoms. The number of nitrogens with zero attached hydrogens (tertiary/aromatic N) is 2. The molecule has 2 N–H and O–H groups in total. The van der Waals surface area contributed by atoms with Crippen molar-refractivity contribution in [2.24, 2.45) is 5.92 Å². The fraction of sp³-hybridized carbons (Fsp3) is 0.231. The van der Waals surface area contributed by atoms with Gasteiger partial charge in [0, 0.05) is 24.0 Å². The van der Waals surface area contributed by atoms with Gasteiger partial charge in [0.05, 0.1) is 5.56 Å². The van der Waals surface area contributed by atoms with E-state index in [1.54, 1.807) is 50.2 Å². The average molecular weight is 497 g/mol. The molecule has 186 valence electrons. The van der Waals surface area contributed by atoms with Crippen LogP contribution in [0.4, 0.5) is 18.9 Å². The van der Waals surface area contributed by atoms with Crippen molar-refractivity contribution in [2.75, 3.05) is 5.32 Å². The molecule has 1 aliphatic rings. The maximum absolute atomic E-state index is 12.8. The van der Waals surface area contributed by atoms with Crippen LogP contribution < -0.4 is 5.32 Å². The predicted octanol–water partition coefficient (Wildman–Crippen LogP) is 5.08. The lowest BCUT2D eigenvalue weighted by Crippen LogP contribution is -2.44. The van der Waals surface area contributed by atoms with Crippen LogP contribution in [0.25, 0.3) is 11.1 Å². The summed E-state index contributed by atoms with van der Waals surface area (Å²) < 4.78 is 38.0. The Balaban J connectivity index is 1.48. The summed E-state index contributed by atoms with van der Waals surface area (Å²) in [5.41, 5.74) is 2.16. The summed E-state index contributed by atoms with van der Waals surface area (Å²) >= 11 is 0. The second-order valence-corrected chi connectivity index (χ2v) is 8.79. The molecule has 0 saturated heterocycles. The topological polar surface area (TPSA) is 99.6 Å². The first kappa shape index (κ1) is 24.9. The van der Waals surface area contributed by atoms with Crippen molar-refractivity contribution >= 4 is 23.5 Å². The molecule has 0 saturated carbocycles. The summed E-state index contributed by atoms with van der Waals surface area (Å²) in [6.07, 6.45) is -3.71. The van der Waals surface area contributed by atoms with Crippen LogP contribution in [-0.4, -0.2) is 38.8 Å². The van der Waals surface area contributed by atoms with Gasteiger partial charge in [-0.15, -0.1) is 0 Å². The number of fused-ring (bicyclic) bond motifs is 1. The Morgan fingerprint density at radius 1 is 1.03 bits per heavy atom. The monoisotopic (exact) mass is 497 g/mol. The number of carboxylic acids is 1. The van der Waals surface area contributed by atoms with Gasteiger partial charge in [-0.2, -0.15) is 13.2 Å². The van der Waals surface area contributed by atoms with Crippen LogP contribution in [0.15, 0.2) is 60.8 Å². The maximum Gasteiger partial charge on any atom is 0.433 e. The van der Waals surface area contributed by atoms with E-state index in [0.717, 1.165) is 35.0 Å². The minimum absolute atomic E-state index is 0.0130. The molecule has 7 nitrogen and oxygen atoms in total. The van der Waals surface area contributed by atoms with Crippen LogP contribution in [0, 0.1) is 5.92 Å². The Kier molecular flexibility index (Phi) is 6.53. The van der Waals surface area contributed by atoms with Crippen LogP contribution in [0.2, 0.25) is 0 Å². The van der Waals surface area contributed by atoms with Gasteiger partial charge in [0.2, 0.25) is 0 Å². The number of anilines is 1. The highest BCUT2D eigenvalue weighted by molar-refractivity contribution is 6.04. The first-order chi connectivity index (χ1) is 17.0. The number of benzene rings is 2. The first-order valence-corrected chi connectivity index (χ1v) is 11.1. The van der Waals surface area contributed by atoms with Crippen molar-refractivity contribution in [3.8, 4) is 11.1 Å². The van der Waals surface area contributed by atoms with Crippen LogP contribution in [-0.2, 0) is 17.5 Å². The number of pyridine rings is 1. The van der Waals surface area contributed by atoms with Crippen LogP contribution >= 0.6 is 0 Å². The quantitative estimate of drug-likeness (QED) is 0.495. The van der Waals surface area contributed by atoms with E-state index >= 15 is 0 Å². The number of amides is 2. The van der Waals surface area contributed by atoms with Crippen molar-refractivity contribution in [2.45, 2.75) is 32.6 Å². The normalized spacial score (nSPS) is 14.1. The van der Waals surface area contributed by atoms with Gasteiger partial charge in [-0.05, 0) is 59.0 Å². The number of alkyl halides is 3. The van der Waals surface area contributed by atoms with E-state index in [0.29, 0.717) is 11.3 Å². The van der Waals surface area contributed by atoms with Gasteiger partial charge >= 0.3 is 12.1 Å². The lowest BCUT2D eigenvalue weighted by molar-refractivity contribution is -0.144. The highest BCUT2D eigenvalue weighted by Gasteiger charge is 2.38. The Bertz CT molecular complexity index is 1320. The molecule has 36 heavy (non-hydrogen) atoms. The molecule has 0 radical (unpaired) electrons. The number of hydrogen-bond acceptors (Lipinski definition) is 4. The molecule has 10 heteroatoms. The fourth-order valence-corrected chi connectivity index (χ4v) is 4.17. The van der Waals surface area contributed by atoms with E-state index in [4.69, 9.17) is 0 Å². The Morgan fingerprint density at radius 2 is 1.69 bits per heavy atom. The highest BCUT2D eigenvalue weighted by atomic mass is 19.4. The zero-order valence-corrected chi connectivity index (χ0v) is 19.3. The number of carbonyl (C=O) groups excluding carboxylic acids is 2. The maximum atomic E-state index is 12.8. The molecule has 2 heterocycles. The van der Waals surface area contributed by atoms with E-state index in [9.17, 15) is 32.7 Å². The van der Waals surface area contributed by atoms with E-state index in [1.807, 2.05) is 6.07 Å². The van der Waals surface area contributed by atoms with Gasteiger partial charge in [0.1, 0.15) is 11.7 Å². The highest BCUT2D eigenvalue weighted by Crippen LogP contribution is 2.32. The second kappa shape index (κ2) is 9.44. The number of hydrogen-bond donors (Lipinski definition) is 2. The minimum Gasteiger partial charge on any atom is -0.480 e. The van der Waals surface area contributed by atoms with E-state index in [1.165, 1.54) is 4.90 Å². The van der Waals surface area contributed by atoms with Crippen molar-refractivity contribution in [1.82, 2.24) is 9.88 Å². The molecule has 0 aliphatic carbocycles. The zero-order chi connectivity index (χ0) is 26.2. The number of rotatable bonds is 6. The van der Waals surface area contributed by atoms with E-state index in [2.05, 4.69) is 10.3 Å². The number of aromatic nitrogens is 1. The fourth-order valence-electron chi connectivity index (χ4n) is 4.17. The van der Waals surface area contributed by atoms with Crippen molar-refractivity contribution in [3.05, 3.63) is 83.2 Å². The summed E-state index contributed by atoms with van der Waals surface area (Å²) in [5, 5.41) is 12.2. The number of nitrogens with one attached hydrogen (secondary N) is 1. The lowest BCUT2D eigenvalue weighted by atomic mass is 10.0. The Hall–Kier alpha value is -4.21. The molecule has 1 aliphatic heterocycles. The van der Waals surface area contributed by atoms with Gasteiger partial charge in [-0.25, -0.2) is 4.79 Å². The Labute approximate surface area is 204 Å². The standard InChI is InChI=1S/C26H22F3N3O4/c1-14(2)22(25(35)36)32-13-18-11-16(5-9-20(18)24(32)34)15-3-7-19(8-4-15)31-23(33)17-6-10-21(30-12-17)26(27,28)29/h3-12,14,22H,13H2,1-2H3,(H,31,33)(H,35,36). The molecule has 3 aromatic rings. The molecule has 1 aromatic heterocycles. The summed E-state index contributed by atoms with van der Waals surface area (Å²) in [5.74, 6) is -2.20. The van der Waals surface area contributed by atoms with Gasteiger partial charge in [0.15, 0.2) is 0 Å².